The molecule has 0 saturated carbocycles. The van der Waals surface area contributed by atoms with Crippen molar-refractivity contribution in [3.63, 3.8) is 0 Å². The van der Waals surface area contributed by atoms with E-state index in [1.54, 1.807) is 0 Å². The summed E-state index contributed by atoms with van der Waals surface area (Å²) in [4.78, 5) is 10.8. The minimum atomic E-state index is -2.31. The smallest absolute Gasteiger partial charge is 0.547 e. The van der Waals surface area contributed by atoms with Crippen molar-refractivity contribution in [3.05, 3.63) is 0 Å². The molecule has 2 fully saturated rings. The fourth-order valence-corrected chi connectivity index (χ4v) is 3.01. The van der Waals surface area contributed by atoms with Gasteiger partial charge in [-0.2, -0.15) is 0 Å². The van der Waals surface area contributed by atoms with Gasteiger partial charge in [0.05, 0.1) is 19.2 Å². The van der Waals surface area contributed by atoms with E-state index in [1.165, 1.54) is 0 Å². The molecule has 2 saturated heterocycles. The second kappa shape index (κ2) is 10.9. The number of carboxylic acid groups (broad SMARTS) is 1. The Morgan fingerprint density at radius 3 is 1.96 bits per heavy atom. The van der Waals surface area contributed by atoms with Crippen LogP contribution >= 0.6 is 0 Å². The zero-order chi connectivity index (χ0) is 20.5. The summed E-state index contributed by atoms with van der Waals surface area (Å²) >= 11 is 0. The van der Waals surface area contributed by atoms with Crippen LogP contribution in [0.4, 0.5) is 0 Å². The standard InChI is InChI=1S/C14H24O13.Na/c15-1-3-5(17)6(18)9(21)14(26-3)27-11-4(2-16)25-12(8(20)7(11)19)10(22)13(23)24;/h3-12,14-22H,1-2H2,(H,23,24);/q;+1/p-1/t3-,4-,5+,6+,7-,8-,9-,10?,11-,12?,14+;/m1./s1. The summed E-state index contributed by atoms with van der Waals surface area (Å²) < 4.78 is 15.5. The van der Waals surface area contributed by atoms with Crippen molar-refractivity contribution in [2.75, 3.05) is 13.2 Å². The van der Waals surface area contributed by atoms with E-state index >= 15 is 0 Å². The van der Waals surface area contributed by atoms with Gasteiger partial charge in [-0.05, 0) is 0 Å². The van der Waals surface area contributed by atoms with Gasteiger partial charge in [0.25, 0.3) is 0 Å². The SMILES string of the molecule is O=C([O-])C(O)C1O[C@H](CO)[C@@H](O[C@@H]2O[C@H](CO)[C@H](O)[C@H](O)[C@H]2O)[C@H](O)[C@H]1O.[Na+]. The second-order valence-electron chi connectivity index (χ2n) is 6.36. The zero-order valence-electron chi connectivity index (χ0n) is 14.9. The average molecular weight is 422 g/mol. The van der Waals surface area contributed by atoms with Gasteiger partial charge in [0.2, 0.25) is 0 Å². The third kappa shape index (κ3) is 5.19. The Morgan fingerprint density at radius 1 is 0.893 bits per heavy atom. The van der Waals surface area contributed by atoms with Crippen molar-refractivity contribution in [1.82, 2.24) is 0 Å². The molecule has 0 aromatic rings. The summed E-state index contributed by atoms with van der Waals surface area (Å²) in [7, 11) is 0. The van der Waals surface area contributed by atoms with Gasteiger partial charge in [0, 0.05) is 0 Å². The third-order valence-corrected chi connectivity index (χ3v) is 4.59. The van der Waals surface area contributed by atoms with E-state index < -0.39 is 86.5 Å². The van der Waals surface area contributed by atoms with Crippen molar-refractivity contribution in [2.45, 2.75) is 67.3 Å². The van der Waals surface area contributed by atoms with Crippen molar-refractivity contribution in [3.8, 4) is 0 Å². The summed E-state index contributed by atoms with van der Waals surface area (Å²) in [5, 5.41) is 88.5. The molecule has 14 heteroatoms. The maximum atomic E-state index is 10.8. The minimum Gasteiger partial charge on any atom is -0.547 e. The first-order chi connectivity index (χ1) is 12.6. The van der Waals surface area contributed by atoms with Crippen molar-refractivity contribution >= 4 is 5.97 Å². The van der Waals surface area contributed by atoms with Crippen LogP contribution in [-0.2, 0) is 19.0 Å². The van der Waals surface area contributed by atoms with Crippen molar-refractivity contribution < 1.29 is 94.5 Å². The predicted octanol–water partition coefficient (Wildman–Crippen LogP) is -10.2. The van der Waals surface area contributed by atoms with Crippen LogP contribution < -0.4 is 34.7 Å². The molecule has 0 bridgehead atoms. The maximum absolute atomic E-state index is 10.8. The molecule has 8 N–H and O–H groups in total. The number of carbonyl (C=O) groups is 1. The third-order valence-electron chi connectivity index (χ3n) is 4.59. The van der Waals surface area contributed by atoms with Gasteiger partial charge >= 0.3 is 29.6 Å². The van der Waals surface area contributed by atoms with E-state index in [2.05, 4.69) is 0 Å². The zero-order valence-corrected chi connectivity index (χ0v) is 16.9. The molecular weight excluding hydrogens is 399 g/mol. The average Bonchev–Trinajstić information content (AvgIpc) is 2.65. The van der Waals surface area contributed by atoms with E-state index in [9.17, 15) is 45.6 Å². The van der Waals surface area contributed by atoms with Crippen LogP contribution in [0, 0.1) is 0 Å². The number of ether oxygens (including phenoxy) is 3. The molecule has 0 aromatic heterocycles. The van der Waals surface area contributed by atoms with Gasteiger partial charge in [0.15, 0.2) is 6.29 Å². The monoisotopic (exact) mass is 422 g/mol. The number of aliphatic hydroxyl groups excluding tert-OH is 8. The number of hydrogen-bond donors (Lipinski definition) is 8. The molecule has 2 rings (SSSR count). The number of carboxylic acids is 1. The van der Waals surface area contributed by atoms with Gasteiger partial charge in [-0.15, -0.1) is 0 Å². The maximum Gasteiger partial charge on any atom is 1.00 e. The Kier molecular flexibility index (Phi) is 10.1. The first kappa shape index (κ1) is 26.1. The molecule has 0 aliphatic carbocycles. The van der Waals surface area contributed by atoms with Crippen LogP contribution in [0.15, 0.2) is 0 Å². The van der Waals surface area contributed by atoms with Crippen LogP contribution in [0.25, 0.3) is 0 Å². The summed E-state index contributed by atoms with van der Waals surface area (Å²) in [6.45, 7) is -1.58. The predicted molar refractivity (Wildman–Crippen MR) is 77.4 cm³/mol. The van der Waals surface area contributed by atoms with Gasteiger partial charge in [-0.1, -0.05) is 0 Å². The number of rotatable bonds is 6. The molecule has 0 radical (unpaired) electrons. The second-order valence-corrected chi connectivity index (χ2v) is 6.36. The van der Waals surface area contributed by atoms with E-state index in [4.69, 9.17) is 19.3 Å². The molecule has 11 atom stereocenters. The number of aliphatic hydroxyl groups is 8. The summed E-state index contributed by atoms with van der Waals surface area (Å²) in [6, 6.07) is 0. The Balaban J connectivity index is 0.00000392. The van der Waals surface area contributed by atoms with Crippen LogP contribution in [0.5, 0.6) is 0 Å². The molecule has 0 amide bonds. The van der Waals surface area contributed by atoms with Gasteiger partial charge in [-0.3, -0.25) is 0 Å². The van der Waals surface area contributed by atoms with E-state index in [0.29, 0.717) is 0 Å². The quantitative estimate of drug-likeness (QED) is 0.186. The summed E-state index contributed by atoms with van der Waals surface area (Å²) in [5.41, 5.74) is 0. The molecule has 2 aliphatic heterocycles. The molecule has 0 aromatic carbocycles. The van der Waals surface area contributed by atoms with Gasteiger partial charge < -0.3 is 65.0 Å². The van der Waals surface area contributed by atoms with Crippen molar-refractivity contribution in [1.29, 1.82) is 0 Å². The fraction of sp³-hybridized carbons (Fsp3) is 0.929. The van der Waals surface area contributed by atoms with E-state index in [0.717, 1.165) is 0 Å². The molecule has 13 nitrogen and oxygen atoms in total. The largest absolute Gasteiger partial charge is 1.00 e. The van der Waals surface area contributed by atoms with Gasteiger partial charge in [0.1, 0.15) is 61.0 Å². The molecule has 28 heavy (non-hydrogen) atoms. The molecule has 2 unspecified atom stereocenters. The molecule has 2 aliphatic rings. The van der Waals surface area contributed by atoms with Crippen molar-refractivity contribution in [2.24, 2.45) is 0 Å². The molecule has 2 heterocycles. The Bertz CT molecular complexity index is 506. The van der Waals surface area contributed by atoms with Crippen LogP contribution in [0.3, 0.4) is 0 Å². The Hall–Kier alpha value is 0.0300. The fourth-order valence-electron chi connectivity index (χ4n) is 3.01. The minimum absolute atomic E-state index is 0. The van der Waals surface area contributed by atoms with E-state index in [1.807, 2.05) is 0 Å². The summed E-state index contributed by atoms with van der Waals surface area (Å²) in [5.74, 6) is -1.98. The topological polar surface area (TPSA) is 230 Å². The number of carbonyl (C=O) groups excluding carboxylic acids is 1. The van der Waals surface area contributed by atoms with Gasteiger partial charge in [-0.25, -0.2) is 0 Å². The normalized spacial score (nSPS) is 45.1. The molecule has 0 spiro atoms. The number of hydrogen-bond acceptors (Lipinski definition) is 13. The number of aliphatic carboxylic acids is 1. The van der Waals surface area contributed by atoms with E-state index in [-0.39, 0.29) is 29.6 Å². The molecule has 158 valence electrons. The van der Waals surface area contributed by atoms with Crippen LogP contribution in [0.2, 0.25) is 0 Å². The molecular formula is C14H23NaO13. The first-order valence-corrected chi connectivity index (χ1v) is 8.11. The van der Waals surface area contributed by atoms with Crippen LogP contribution in [-0.4, -0.2) is 127 Å². The Labute approximate surface area is 181 Å². The van der Waals surface area contributed by atoms with Crippen LogP contribution in [0.1, 0.15) is 0 Å². The Morgan fingerprint density at radius 2 is 1.46 bits per heavy atom. The summed E-state index contributed by atoms with van der Waals surface area (Å²) in [6.07, 6.45) is -19.3. The first-order valence-electron chi connectivity index (χ1n) is 8.11.